The molecule has 0 saturated heterocycles. The van der Waals surface area contributed by atoms with E-state index in [1.165, 1.54) is 37.6 Å². The summed E-state index contributed by atoms with van der Waals surface area (Å²) >= 11 is 0. The summed E-state index contributed by atoms with van der Waals surface area (Å²) in [5.41, 5.74) is 1.50. The number of phenols is 1. The van der Waals surface area contributed by atoms with E-state index in [1.807, 2.05) is 0 Å². The number of aromatic hydroxyl groups is 1. The fourth-order valence-corrected chi connectivity index (χ4v) is 3.46. The summed E-state index contributed by atoms with van der Waals surface area (Å²) in [6.07, 6.45) is -4.15. The molecule has 2 aliphatic heterocycles. The predicted octanol–water partition coefficient (Wildman–Crippen LogP) is 1.65. The minimum atomic E-state index is -1.72. The molecule has 2 aromatic rings. The third-order valence-electron chi connectivity index (χ3n) is 5.21. The van der Waals surface area contributed by atoms with Crippen LogP contribution < -0.4 is 14.2 Å². The molecular formula is C22H22O10. The molecule has 170 valence electrons. The highest BCUT2D eigenvalue weighted by molar-refractivity contribution is 5.74. The zero-order chi connectivity index (χ0) is 23.0. The van der Waals surface area contributed by atoms with E-state index in [-0.39, 0.29) is 23.0 Å². The Morgan fingerprint density at radius 3 is 2.34 bits per heavy atom. The molecule has 32 heavy (non-hydrogen) atoms. The van der Waals surface area contributed by atoms with Crippen LogP contribution in [0.25, 0.3) is 5.57 Å². The molecule has 0 fully saturated rings. The second-order valence-corrected chi connectivity index (χ2v) is 7.19. The monoisotopic (exact) mass is 446 g/mol. The van der Waals surface area contributed by atoms with Gasteiger partial charge in [-0.3, -0.25) is 0 Å². The summed E-state index contributed by atoms with van der Waals surface area (Å²) in [6, 6.07) is 9.18. The first kappa shape index (κ1) is 21.8. The molecule has 10 nitrogen and oxygen atoms in total. The molecule has 10 heteroatoms. The van der Waals surface area contributed by atoms with Crippen LogP contribution in [0.3, 0.4) is 0 Å². The van der Waals surface area contributed by atoms with Crippen LogP contribution in [0.5, 0.6) is 23.0 Å². The maximum atomic E-state index is 10.9. The molecular weight excluding hydrogens is 424 g/mol. The molecule has 0 saturated carbocycles. The predicted molar refractivity (Wildman–Crippen MR) is 109 cm³/mol. The average molecular weight is 446 g/mol. The summed E-state index contributed by atoms with van der Waals surface area (Å²) in [7, 11) is 1.37. The molecule has 4 rings (SSSR count). The maximum Gasteiger partial charge on any atom is 0.234 e. The topological polar surface area (TPSA) is 158 Å². The van der Waals surface area contributed by atoms with E-state index in [0.717, 1.165) is 0 Å². The van der Waals surface area contributed by atoms with Crippen LogP contribution >= 0.6 is 0 Å². The number of aliphatic hydroxyl groups excluding tert-OH is 5. The van der Waals surface area contributed by atoms with Crippen molar-refractivity contribution in [1.29, 1.82) is 0 Å². The molecule has 4 unspecified atom stereocenters. The van der Waals surface area contributed by atoms with Crippen LogP contribution in [-0.2, 0) is 4.74 Å². The molecule has 0 aromatic heterocycles. The zero-order valence-corrected chi connectivity index (χ0v) is 16.9. The Hall–Kier alpha value is -3.44. The maximum absolute atomic E-state index is 10.9. The second-order valence-electron chi connectivity index (χ2n) is 7.19. The van der Waals surface area contributed by atoms with Gasteiger partial charge in [0.15, 0.2) is 29.1 Å². The van der Waals surface area contributed by atoms with Gasteiger partial charge in [-0.25, -0.2) is 0 Å². The summed E-state index contributed by atoms with van der Waals surface area (Å²) in [6.45, 7) is -0.649. The Labute approximate surface area is 182 Å². The number of aliphatic hydroxyl groups is 5. The number of benzene rings is 2. The number of hydrogen-bond acceptors (Lipinski definition) is 10. The standard InChI is InChI=1S/C22H22O10/c1-29-15-6-12-14(30-9-13(18(12)25)10-2-4-11(24)5-3-10)7-16(15)31-22-21(28)20(27)19(26)17(8-23)32-22/h2-7,9,17-18,21-28H,8H2,1H3. The van der Waals surface area contributed by atoms with Gasteiger partial charge in [0.1, 0.15) is 23.7 Å². The van der Waals surface area contributed by atoms with Gasteiger partial charge in [0.25, 0.3) is 0 Å². The van der Waals surface area contributed by atoms with Crippen LogP contribution in [0.2, 0.25) is 0 Å². The van der Waals surface area contributed by atoms with Crippen molar-refractivity contribution in [1.82, 2.24) is 0 Å². The van der Waals surface area contributed by atoms with Gasteiger partial charge in [-0.1, -0.05) is 12.1 Å². The molecule has 0 spiro atoms. The zero-order valence-electron chi connectivity index (χ0n) is 16.9. The van der Waals surface area contributed by atoms with Crippen molar-refractivity contribution in [3.05, 3.63) is 65.3 Å². The Morgan fingerprint density at radius 1 is 0.969 bits per heavy atom. The van der Waals surface area contributed by atoms with Crippen molar-refractivity contribution in [3.8, 4) is 23.0 Å². The summed E-state index contributed by atoms with van der Waals surface area (Å²) in [5, 5.41) is 59.5. The third-order valence-corrected chi connectivity index (χ3v) is 5.21. The van der Waals surface area contributed by atoms with E-state index in [2.05, 4.69) is 0 Å². The summed E-state index contributed by atoms with van der Waals surface area (Å²) in [5.74, 6) is -0.875. The first-order valence-electron chi connectivity index (χ1n) is 9.63. The second kappa shape index (κ2) is 8.60. The molecule has 0 bridgehead atoms. The Balaban J connectivity index is 1.63. The van der Waals surface area contributed by atoms with Gasteiger partial charge in [-0.15, -0.1) is 0 Å². The molecule has 0 radical (unpaired) electrons. The van der Waals surface area contributed by atoms with Gasteiger partial charge >= 0.3 is 0 Å². The molecule has 4 atom stereocenters. The number of rotatable bonds is 5. The van der Waals surface area contributed by atoms with Crippen LogP contribution in [0, 0.1) is 0 Å². The summed E-state index contributed by atoms with van der Waals surface area (Å²) < 4.78 is 22.0. The Bertz CT molecular complexity index is 1060. The van der Waals surface area contributed by atoms with Gasteiger partial charge in [0.05, 0.1) is 20.0 Å². The van der Waals surface area contributed by atoms with Gasteiger partial charge in [0.2, 0.25) is 6.29 Å². The van der Waals surface area contributed by atoms with Crippen LogP contribution in [-0.4, -0.2) is 62.9 Å². The van der Waals surface area contributed by atoms with Crippen molar-refractivity contribution in [3.63, 3.8) is 0 Å². The van der Waals surface area contributed by atoms with Gasteiger partial charge in [-0.2, -0.15) is 0 Å². The smallest absolute Gasteiger partial charge is 0.234 e. The van der Waals surface area contributed by atoms with Crippen molar-refractivity contribution < 1.29 is 49.6 Å². The fraction of sp³-hybridized carbons (Fsp3) is 0.273. The lowest BCUT2D eigenvalue weighted by Gasteiger charge is -2.33. The third kappa shape index (κ3) is 3.80. The van der Waals surface area contributed by atoms with E-state index >= 15 is 0 Å². The van der Waals surface area contributed by atoms with Gasteiger partial charge in [-0.05, 0) is 23.8 Å². The van der Waals surface area contributed by atoms with E-state index < -0.39 is 42.7 Å². The van der Waals surface area contributed by atoms with Gasteiger partial charge < -0.3 is 49.6 Å². The van der Waals surface area contributed by atoms with Crippen LogP contribution in [0.15, 0.2) is 54.2 Å². The molecule has 2 aliphatic rings. The highest BCUT2D eigenvalue weighted by Crippen LogP contribution is 2.45. The lowest BCUT2D eigenvalue weighted by Crippen LogP contribution is -2.45. The van der Waals surface area contributed by atoms with Crippen molar-refractivity contribution in [2.24, 2.45) is 0 Å². The minimum absolute atomic E-state index is 0.0647. The number of hydrogen-bond donors (Lipinski definition) is 6. The Morgan fingerprint density at radius 2 is 1.69 bits per heavy atom. The van der Waals surface area contributed by atoms with Crippen molar-refractivity contribution in [2.75, 3.05) is 13.7 Å². The number of ether oxygens (including phenoxy) is 4. The quantitative estimate of drug-likeness (QED) is 0.399. The van der Waals surface area contributed by atoms with Crippen LogP contribution in [0.4, 0.5) is 0 Å². The molecule has 0 amide bonds. The number of methoxy groups -OCH3 is 1. The van der Waals surface area contributed by atoms with Crippen molar-refractivity contribution in [2.45, 2.75) is 24.6 Å². The average Bonchev–Trinajstić information content (AvgIpc) is 2.80. The van der Waals surface area contributed by atoms with Crippen LogP contribution in [0.1, 0.15) is 17.2 Å². The molecule has 6 N–H and O–H groups in total. The van der Waals surface area contributed by atoms with E-state index in [0.29, 0.717) is 16.7 Å². The minimum Gasteiger partial charge on any atom is -0.508 e. The number of phenolic OH excluding ortho intramolecular Hbond substituents is 1. The van der Waals surface area contributed by atoms with Crippen molar-refractivity contribution >= 4 is 5.57 Å². The molecule has 2 heterocycles. The normalized spacial score (nSPS) is 24.9. The molecule has 0 aliphatic carbocycles. The largest absolute Gasteiger partial charge is 0.508 e. The van der Waals surface area contributed by atoms with E-state index in [9.17, 15) is 30.6 Å². The van der Waals surface area contributed by atoms with E-state index in [1.54, 1.807) is 12.1 Å². The highest BCUT2D eigenvalue weighted by Gasteiger charge is 2.39. The lowest BCUT2D eigenvalue weighted by atomic mass is 9.93. The highest BCUT2D eigenvalue weighted by atomic mass is 16.7. The SMILES string of the molecule is COc1cc2c(cc1OC1OC(CO)C(O)=C(O)C1O)OC=C(c1ccc(O)cc1)C2O. The first-order chi connectivity index (χ1) is 15.3. The van der Waals surface area contributed by atoms with Gasteiger partial charge in [0, 0.05) is 17.2 Å². The number of fused-ring (bicyclic) bond motifs is 1. The van der Waals surface area contributed by atoms with E-state index in [4.69, 9.17) is 18.9 Å². The lowest BCUT2D eigenvalue weighted by molar-refractivity contribution is -0.192. The first-order valence-corrected chi connectivity index (χ1v) is 9.63. The fourth-order valence-electron chi connectivity index (χ4n) is 3.46. The Kier molecular flexibility index (Phi) is 5.85. The molecule has 2 aromatic carbocycles. The summed E-state index contributed by atoms with van der Waals surface area (Å²) in [4.78, 5) is 0.